The third kappa shape index (κ3) is 4.19. The number of hydrogen-bond acceptors (Lipinski definition) is 5. The average molecular weight is 342 g/mol. The van der Waals surface area contributed by atoms with Crippen molar-refractivity contribution in [2.24, 2.45) is 0 Å². The summed E-state index contributed by atoms with van der Waals surface area (Å²) in [6.45, 7) is 0.315. The van der Waals surface area contributed by atoms with Crippen LogP contribution in [0, 0.1) is 0 Å². The van der Waals surface area contributed by atoms with Gasteiger partial charge in [-0.2, -0.15) is 10.1 Å². The van der Waals surface area contributed by atoms with E-state index in [1.807, 2.05) is 30.3 Å². The first-order valence-electron chi connectivity index (χ1n) is 7.94. The minimum Gasteiger partial charge on any atom is -0.326 e. The summed E-state index contributed by atoms with van der Waals surface area (Å²) in [5.74, 6) is -0.355. The molecule has 3 N–H and O–H groups in total. The van der Waals surface area contributed by atoms with E-state index in [0.29, 0.717) is 13.0 Å². The summed E-state index contributed by atoms with van der Waals surface area (Å²) in [5.41, 5.74) is 1.05. The SMILES string of the molecule is O=C(CC[C@@H]1NC(=O)N(CCc2ccccc2)C1=O)Nc1ncn[nH]1. The highest BCUT2D eigenvalue weighted by Crippen LogP contribution is 2.13. The first kappa shape index (κ1) is 16.6. The highest BCUT2D eigenvalue weighted by Gasteiger charge is 2.37. The molecule has 0 unspecified atom stereocenters. The fraction of sp³-hybridized carbons (Fsp3) is 0.312. The lowest BCUT2D eigenvalue weighted by molar-refractivity contribution is -0.127. The molecule has 2 heterocycles. The zero-order chi connectivity index (χ0) is 17.6. The Morgan fingerprint density at radius 2 is 2.04 bits per heavy atom. The maximum atomic E-state index is 12.3. The lowest BCUT2D eigenvalue weighted by Crippen LogP contribution is -2.33. The Hall–Kier alpha value is -3.23. The molecule has 25 heavy (non-hydrogen) atoms. The number of amides is 4. The number of carbonyl (C=O) groups is 3. The number of rotatable bonds is 7. The lowest BCUT2D eigenvalue weighted by atomic mass is 10.1. The third-order valence-corrected chi connectivity index (χ3v) is 3.91. The molecule has 1 aliphatic heterocycles. The number of H-pyrrole nitrogens is 1. The van der Waals surface area contributed by atoms with Crippen molar-refractivity contribution in [2.75, 3.05) is 11.9 Å². The van der Waals surface area contributed by atoms with Gasteiger partial charge in [0.2, 0.25) is 11.9 Å². The molecule has 0 saturated carbocycles. The molecular weight excluding hydrogens is 324 g/mol. The van der Waals surface area contributed by atoms with Gasteiger partial charge in [0.05, 0.1) is 0 Å². The van der Waals surface area contributed by atoms with Crippen molar-refractivity contribution in [3.63, 3.8) is 0 Å². The molecule has 1 aliphatic rings. The van der Waals surface area contributed by atoms with Gasteiger partial charge < -0.3 is 5.32 Å². The zero-order valence-electron chi connectivity index (χ0n) is 13.4. The molecule has 3 rings (SSSR count). The molecule has 9 nitrogen and oxygen atoms in total. The van der Waals surface area contributed by atoms with E-state index < -0.39 is 12.1 Å². The van der Waals surface area contributed by atoms with Crippen LogP contribution < -0.4 is 10.6 Å². The van der Waals surface area contributed by atoms with Crippen molar-refractivity contribution in [3.8, 4) is 0 Å². The first-order chi connectivity index (χ1) is 12.1. The van der Waals surface area contributed by atoms with Gasteiger partial charge in [0.25, 0.3) is 5.91 Å². The number of anilines is 1. The van der Waals surface area contributed by atoms with Crippen LogP contribution in [0.25, 0.3) is 0 Å². The molecule has 1 aromatic heterocycles. The Morgan fingerprint density at radius 3 is 2.76 bits per heavy atom. The maximum Gasteiger partial charge on any atom is 0.324 e. The molecule has 1 aromatic carbocycles. The van der Waals surface area contributed by atoms with Crippen LogP contribution in [0.5, 0.6) is 0 Å². The van der Waals surface area contributed by atoms with E-state index in [1.54, 1.807) is 0 Å². The minimum absolute atomic E-state index is 0.0872. The molecular formula is C16H18N6O3. The van der Waals surface area contributed by atoms with E-state index in [9.17, 15) is 14.4 Å². The number of imide groups is 1. The molecule has 1 fully saturated rings. The molecule has 2 aromatic rings. The number of nitrogens with one attached hydrogen (secondary N) is 3. The van der Waals surface area contributed by atoms with E-state index in [4.69, 9.17) is 0 Å². The van der Waals surface area contributed by atoms with Crippen LogP contribution in [0.15, 0.2) is 36.7 Å². The van der Waals surface area contributed by atoms with Crippen molar-refractivity contribution >= 4 is 23.8 Å². The van der Waals surface area contributed by atoms with E-state index in [-0.39, 0.29) is 30.6 Å². The predicted octanol–water partition coefficient (Wildman–Crippen LogP) is 0.686. The zero-order valence-corrected chi connectivity index (χ0v) is 13.4. The fourth-order valence-corrected chi connectivity index (χ4v) is 2.61. The van der Waals surface area contributed by atoms with Gasteiger partial charge in [0.15, 0.2) is 0 Å². The van der Waals surface area contributed by atoms with Gasteiger partial charge in [-0.05, 0) is 18.4 Å². The van der Waals surface area contributed by atoms with Crippen LogP contribution in [0.4, 0.5) is 10.7 Å². The average Bonchev–Trinajstić information content (AvgIpc) is 3.21. The Balaban J connectivity index is 1.48. The Bertz CT molecular complexity index is 746. The summed E-state index contributed by atoms with van der Waals surface area (Å²) >= 11 is 0. The molecule has 0 aliphatic carbocycles. The van der Waals surface area contributed by atoms with Gasteiger partial charge in [-0.15, -0.1) is 0 Å². The smallest absolute Gasteiger partial charge is 0.324 e. The number of urea groups is 1. The molecule has 0 bridgehead atoms. The second kappa shape index (κ2) is 7.56. The van der Waals surface area contributed by atoms with E-state index in [0.717, 1.165) is 5.56 Å². The van der Waals surface area contributed by atoms with Crippen molar-refractivity contribution in [1.29, 1.82) is 0 Å². The van der Waals surface area contributed by atoms with Gasteiger partial charge >= 0.3 is 6.03 Å². The molecule has 0 radical (unpaired) electrons. The van der Waals surface area contributed by atoms with Crippen LogP contribution >= 0.6 is 0 Å². The molecule has 0 spiro atoms. The largest absolute Gasteiger partial charge is 0.326 e. The number of carbonyl (C=O) groups excluding carboxylic acids is 3. The molecule has 4 amide bonds. The van der Waals surface area contributed by atoms with Gasteiger partial charge in [0.1, 0.15) is 12.4 Å². The van der Waals surface area contributed by atoms with Gasteiger partial charge in [0, 0.05) is 13.0 Å². The Kier molecular flexibility index (Phi) is 5.03. The maximum absolute atomic E-state index is 12.3. The van der Waals surface area contributed by atoms with Crippen LogP contribution in [0.2, 0.25) is 0 Å². The van der Waals surface area contributed by atoms with Crippen molar-refractivity contribution in [2.45, 2.75) is 25.3 Å². The number of benzene rings is 1. The summed E-state index contributed by atoms with van der Waals surface area (Å²) < 4.78 is 0. The van der Waals surface area contributed by atoms with E-state index >= 15 is 0 Å². The summed E-state index contributed by atoms with van der Waals surface area (Å²) in [4.78, 5) is 41.1. The normalized spacial score (nSPS) is 16.8. The highest BCUT2D eigenvalue weighted by atomic mass is 16.2. The number of aromatic amines is 1. The topological polar surface area (TPSA) is 120 Å². The molecule has 1 saturated heterocycles. The van der Waals surface area contributed by atoms with E-state index in [2.05, 4.69) is 25.8 Å². The van der Waals surface area contributed by atoms with Crippen molar-refractivity contribution in [3.05, 3.63) is 42.2 Å². The third-order valence-electron chi connectivity index (χ3n) is 3.91. The highest BCUT2D eigenvalue weighted by molar-refractivity contribution is 6.04. The standard InChI is InChI=1S/C16H18N6O3/c23-13(20-15-17-10-18-21-15)7-6-12-14(24)22(16(25)19-12)9-8-11-4-2-1-3-5-11/h1-5,10,12H,6-9H2,(H,19,25)(H2,17,18,20,21,23)/t12-/m0/s1. The van der Waals surface area contributed by atoms with Gasteiger partial charge in [-0.1, -0.05) is 30.3 Å². The number of aromatic nitrogens is 3. The fourth-order valence-electron chi connectivity index (χ4n) is 2.61. The van der Waals surface area contributed by atoms with Crippen LogP contribution in [-0.2, 0) is 16.0 Å². The second-order valence-electron chi connectivity index (χ2n) is 5.65. The lowest BCUT2D eigenvalue weighted by Gasteiger charge is -2.13. The first-order valence-corrected chi connectivity index (χ1v) is 7.94. The second-order valence-corrected chi connectivity index (χ2v) is 5.65. The Morgan fingerprint density at radius 1 is 1.24 bits per heavy atom. The van der Waals surface area contributed by atoms with Crippen LogP contribution in [0.3, 0.4) is 0 Å². The molecule has 1 atom stereocenters. The summed E-state index contributed by atoms with van der Waals surface area (Å²) in [6, 6.07) is 8.55. The van der Waals surface area contributed by atoms with Crippen LogP contribution in [0.1, 0.15) is 18.4 Å². The van der Waals surface area contributed by atoms with Gasteiger partial charge in [-0.25, -0.2) is 9.89 Å². The molecule has 130 valence electrons. The molecule has 9 heteroatoms. The summed E-state index contributed by atoms with van der Waals surface area (Å²) in [5, 5.41) is 11.3. The van der Waals surface area contributed by atoms with Crippen molar-refractivity contribution in [1.82, 2.24) is 25.4 Å². The summed E-state index contributed by atoms with van der Waals surface area (Å²) in [6.07, 6.45) is 2.19. The summed E-state index contributed by atoms with van der Waals surface area (Å²) in [7, 11) is 0. The van der Waals surface area contributed by atoms with Crippen molar-refractivity contribution < 1.29 is 14.4 Å². The number of nitrogens with zero attached hydrogens (tertiary/aromatic N) is 3. The van der Waals surface area contributed by atoms with E-state index in [1.165, 1.54) is 11.2 Å². The van der Waals surface area contributed by atoms with Crippen LogP contribution in [-0.4, -0.2) is 50.5 Å². The Labute approximate surface area is 143 Å². The van der Waals surface area contributed by atoms with Gasteiger partial charge in [-0.3, -0.25) is 19.8 Å². The quantitative estimate of drug-likeness (QED) is 0.639. The monoisotopic (exact) mass is 342 g/mol. The predicted molar refractivity (Wildman–Crippen MR) is 88.4 cm³/mol. The number of hydrogen-bond donors (Lipinski definition) is 3. The minimum atomic E-state index is -0.677.